The molecule has 2 aliphatic heterocycles. The van der Waals surface area contributed by atoms with E-state index in [1.165, 1.54) is 0 Å². The minimum atomic E-state index is -0.181. The molecule has 0 bridgehead atoms. The first-order chi connectivity index (χ1) is 13.3. The third kappa shape index (κ3) is 2.91. The van der Waals surface area contributed by atoms with E-state index < -0.39 is 0 Å². The molecule has 0 atom stereocenters. The average molecular weight is 400 g/mol. The molecule has 146 valence electrons. The van der Waals surface area contributed by atoms with Gasteiger partial charge >= 0.3 is 0 Å². The highest BCUT2D eigenvalue weighted by Crippen LogP contribution is 2.41. The zero-order chi connectivity index (χ0) is 19.5. The molecule has 1 spiro atoms. The zero-order valence-electron chi connectivity index (χ0n) is 16.2. The Morgan fingerprint density at radius 2 is 1.96 bits per heavy atom. The molecule has 0 N–H and O–H groups in total. The molecular weight excluding hydrogens is 378 g/mol. The number of halogens is 1. The summed E-state index contributed by atoms with van der Waals surface area (Å²) in [6, 6.07) is 3.62. The number of pyridine rings is 1. The van der Waals surface area contributed by atoms with Crippen molar-refractivity contribution >= 4 is 28.6 Å². The summed E-state index contributed by atoms with van der Waals surface area (Å²) in [6.45, 7) is 10.2. The van der Waals surface area contributed by atoms with Crippen molar-refractivity contribution in [2.45, 2.75) is 32.7 Å². The molecule has 2 fully saturated rings. The number of hydrogen-bond acceptors (Lipinski definition) is 7. The molecule has 0 aliphatic carbocycles. The Bertz CT molecular complexity index is 1050. The molecule has 2 saturated heterocycles. The minimum absolute atomic E-state index is 0.181. The molecule has 2 aliphatic rings. The fourth-order valence-corrected chi connectivity index (χ4v) is 3.80. The van der Waals surface area contributed by atoms with Crippen molar-refractivity contribution in [3.05, 3.63) is 34.9 Å². The monoisotopic (exact) mass is 399 g/mol. The number of fused-ring (bicyclic) bond motifs is 1. The molecular formula is C19H22ClN7O. The van der Waals surface area contributed by atoms with E-state index in [0.717, 1.165) is 49.2 Å². The summed E-state index contributed by atoms with van der Waals surface area (Å²) in [5.74, 6) is 1.62. The Labute approximate surface area is 167 Å². The predicted octanol–water partition coefficient (Wildman–Crippen LogP) is 2.45. The third-order valence-electron chi connectivity index (χ3n) is 5.24. The number of ether oxygens (including phenoxy) is 1. The number of hydrogen-bond donors (Lipinski definition) is 0. The van der Waals surface area contributed by atoms with Gasteiger partial charge in [0.15, 0.2) is 11.3 Å². The second kappa shape index (κ2) is 6.09. The Morgan fingerprint density at radius 3 is 2.61 bits per heavy atom. The summed E-state index contributed by atoms with van der Waals surface area (Å²) < 4.78 is 5.40. The van der Waals surface area contributed by atoms with Crippen LogP contribution in [0.25, 0.3) is 11.2 Å². The maximum absolute atomic E-state index is 6.25. The molecule has 0 saturated carbocycles. The third-order valence-corrected chi connectivity index (χ3v) is 5.58. The largest absolute Gasteiger partial charge is 0.380 e. The molecule has 5 rings (SSSR count). The Kier molecular flexibility index (Phi) is 3.86. The van der Waals surface area contributed by atoms with Crippen LogP contribution in [0.4, 0.5) is 5.82 Å². The predicted molar refractivity (Wildman–Crippen MR) is 106 cm³/mol. The average Bonchev–Trinajstić information content (AvgIpc) is 2.96. The topological polar surface area (TPSA) is 81.9 Å². The van der Waals surface area contributed by atoms with Crippen molar-refractivity contribution in [1.82, 2.24) is 29.9 Å². The Balaban J connectivity index is 1.55. The van der Waals surface area contributed by atoms with Crippen LogP contribution in [0.5, 0.6) is 0 Å². The summed E-state index contributed by atoms with van der Waals surface area (Å²) in [5, 5.41) is 9.87. The second-order valence-electron chi connectivity index (χ2n) is 8.80. The van der Waals surface area contributed by atoms with Crippen molar-refractivity contribution in [2.75, 3.05) is 31.2 Å². The molecule has 0 radical (unpaired) electrons. The summed E-state index contributed by atoms with van der Waals surface area (Å²) >= 11 is 6.25. The number of nitrogens with zero attached hydrogens (tertiary/aromatic N) is 7. The molecule has 28 heavy (non-hydrogen) atoms. The molecule has 0 aromatic carbocycles. The summed E-state index contributed by atoms with van der Waals surface area (Å²) in [6.07, 6.45) is 1.72. The molecule has 8 nitrogen and oxygen atoms in total. The first-order valence-electron chi connectivity index (χ1n) is 9.39. The lowest BCUT2D eigenvalue weighted by atomic mass is 9.78. The van der Waals surface area contributed by atoms with E-state index >= 15 is 0 Å². The minimum Gasteiger partial charge on any atom is -0.380 e. The van der Waals surface area contributed by atoms with Gasteiger partial charge in [0.2, 0.25) is 5.65 Å². The van der Waals surface area contributed by atoms with Crippen LogP contribution in [0, 0.1) is 5.41 Å². The lowest BCUT2D eigenvalue weighted by Gasteiger charge is -2.55. The van der Waals surface area contributed by atoms with Gasteiger partial charge in [0.25, 0.3) is 0 Å². The second-order valence-corrected chi connectivity index (χ2v) is 9.21. The SMILES string of the molecule is CC(C)(C)c1nc(N2CC3(COC3)C2)c2nn(Cc3ncccc3Cl)nc2n1. The van der Waals surface area contributed by atoms with E-state index in [4.69, 9.17) is 26.3 Å². The lowest BCUT2D eigenvalue weighted by Crippen LogP contribution is -2.66. The van der Waals surface area contributed by atoms with Crippen molar-refractivity contribution < 1.29 is 4.74 Å². The van der Waals surface area contributed by atoms with Gasteiger partial charge in [-0.3, -0.25) is 4.98 Å². The van der Waals surface area contributed by atoms with Crippen LogP contribution >= 0.6 is 11.6 Å². The van der Waals surface area contributed by atoms with E-state index in [2.05, 4.69) is 40.9 Å². The van der Waals surface area contributed by atoms with Crippen LogP contribution in [0.15, 0.2) is 18.3 Å². The van der Waals surface area contributed by atoms with E-state index in [-0.39, 0.29) is 10.8 Å². The molecule has 3 aromatic rings. The van der Waals surface area contributed by atoms with Gasteiger partial charge in [-0.15, -0.1) is 10.2 Å². The smallest absolute Gasteiger partial charge is 0.207 e. The van der Waals surface area contributed by atoms with Crippen molar-refractivity contribution in [3.63, 3.8) is 0 Å². The molecule has 0 unspecified atom stereocenters. The fourth-order valence-electron chi connectivity index (χ4n) is 3.62. The van der Waals surface area contributed by atoms with Gasteiger partial charge in [0.1, 0.15) is 12.4 Å². The van der Waals surface area contributed by atoms with Gasteiger partial charge in [-0.1, -0.05) is 32.4 Å². The molecule has 3 aromatic heterocycles. The first kappa shape index (κ1) is 17.8. The van der Waals surface area contributed by atoms with Gasteiger partial charge in [-0.25, -0.2) is 9.97 Å². The van der Waals surface area contributed by atoms with Gasteiger partial charge in [0, 0.05) is 24.7 Å². The highest BCUT2D eigenvalue weighted by atomic mass is 35.5. The first-order valence-corrected chi connectivity index (χ1v) is 9.76. The quantitative estimate of drug-likeness (QED) is 0.669. The standard InChI is InChI=1S/C19H22ClN7O/c1-18(2,3)17-22-15-14(16(23-17)26-8-19(9-26)10-28-11-19)24-27(25-15)7-13-12(20)5-4-6-21-13/h4-6H,7-11H2,1-3H3. The van der Waals surface area contributed by atoms with Crippen LogP contribution in [-0.4, -0.2) is 56.2 Å². The van der Waals surface area contributed by atoms with E-state index in [1.54, 1.807) is 11.0 Å². The van der Waals surface area contributed by atoms with E-state index in [1.807, 2.05) is 12.1 Å². The zero-order valence-corrected chi connectivity index (χ0v) is 16.9. The van der Waals surface area contributed by atoms with Crippen molar-refractivity contribution in [1.29, 1.82) is 0 Å². The van der Waals surface area contributed by atoms with Gasteiger partial charge in [-0.2, -0.15) is 4.80 Å². The number of anilines is 1. The highest BCUT2D eigenvalue weighted by molar-refractivity contribution is 6.31. The van der Waals surface area contributed by atoms with Gasteiger partial charge in [0.05, 0.1) is 29.3 Å². The fraction of sp³-hybridized carbons (Fsp3) is 0.526. The van der Waals surface area contributed by atoms with Gasteiger partial charge < -0.3 is 9.64 Å². The Hall–Kier alpha value is -2.32. The lowest BCUT2D eigenvalue weighted by molar-refractivity contribution is -0.127. The summed E-state index contributed by atoms with van der Waals surface area (Å²) in [7, 11) is 0. The van der Waals surface area contributed by atoms with E-state index in [9.17, 15) is 0 Å². The van der Waals surface area contributed by atoms with E-state index in [0.29, 0.717) is 17.2 Å². The molecule has 0 amide bonds. The van der Waals surface area contributed by atoms with Crippen molar-refractivity contribution in [3.8, 4) is 0 Å². The normalized spacial score (nSPS) is 18.4. The van der Waals surface area contributed by atoms with Crippen LogP contribution < -0.4 is 4.90 Å². The Morgan fingerprint density at radius 1 is 1.18 bits per heavy atom. The molecule has 5 heterocycles. The highest BCUT2D eigenvalue weighted by Gasteiger charge is 2.50. The van der Waals surface area contributed by atoms with Crippen LogP contribution in [-0.2, 0) is 16.7 Å². The maximum Gasteiger partial charge on any atom is 0.207 e. The molecule has 9 heteroatoms. The van der Waals surface area contributed by atoms with Crippen LogP contribution in [0.3, 0.4) is 0 Å². The summed E-state index contributed by atoms with van der Waals surface area (Å²) in [4.78, 5) is 17.8. The van der Waals surface area contributed by atoms with Crippen LogP contribution in [0.2, 0.25) is 5.02 Å². The van der Waals surface area contributed by atoms with Crippen molar-refractivity contribution in [2.24, 2.45) is 5.41 Å². The summed E-state index contributed by atoms with van der Waals surface area (Å²) in [5.41, 5.74) is 2.16. The van der Waals surface area contributed by atoms with Gasteiger partial charge in [-0.05, 0) is 12.1 Å². The van der Waals surface area contributed by atoms with Crippen LogP contribution in [0.1, 0.15) is 32.3 Å². The number of aromatic nitrogens is 6. The number of rotatable bonds is 3. The maximum atomic E-state index is 6.25.